The van der Waals surface area contributed by atoms with Gasteiger partial charge in [0.15, 0.2) is 5.82 Å². The van der Waals surface area contributed by atoms with Gasteiger partial charge in [-0.3, -0.25) is 0 Å². The Kier molecular flexibility index (Phi) is 6.61. The highest BCUT2D eigenvalue weighted by Gasteiger charge is 2.21. The maximum absolute atomic E-state index is 5.44. The maximum Gasteiger partial charge on any atom is 0.160 e. The summed E-state index contributed by atoms with van der Waals surface area (Å²) in [6.07, 6.45) is 0. The lowest BCUT2D eigenvalue weighted by Crippen LogP contribution is -2.00. The Morgan fingerprint density at radius 2 is 1.02 bits per heavy atom. The van der Waals surface area contributed by atoms with E-state index in [4.69, 9.17) is 9.97 Å². The fourth-order valence-corrected chi connectivity index (χ4v) is 8.74. The van der Waals surface area contributed by atoms with Crippen molar-refractivity contribution in [3.63, 3.8) is 0 Å². The van der Waals surface area contributed by atoms with Crippen LogP contribution in [0.15, 0.2) is 164 Å². The van der Waals surface area contributed by atoms with E-state index in [0.29, 0.717) is 0 Å². The van der Waals surface area contributed by atoms with E-state index in [9.17, 15) is 0 Å². The van der Waals surface area contributed by atoms with Crippen LogP contribution in [-0.2, 0) is 0 Å². The van der Waals surface area contributed by atoms with Gasteiger partial charge in [-0.1, -0.05) is 140 Å². The normalized spacial score (nSPS) is 11.7. The van der Waals surface area contributed by atoms with Gasteiger partial charge in [-0.05, 0) is 74.6 Å². The molecule has 2 nitrogen and oxygen atoms in total. The quantitative estimate of drug-likeness (QED) is 0.189. The number of benzene rings is 8. The van der Waals surface area contributed by atoms with E-state index in [2.05, 4.69) is 171 Å². The van der Waals surface area contributed by atoms with Crippen molar-refractivity contribution in [1.29, 1.82) is 0 Å². The van der Waals surface area contributed by atoms with Crippen LogP contribution in [0, 0.1) is 6.92 Å². The van der Waals surface area contributed by atoms with Crippen LogP contribution in [0.3, 0.4) is 0 Å². The van der Waals surface area contributed by atoms with E-state index in [1.807, 2.05) is 11.3 Å². The highest BCUT2D eigenvalue weighted by Crippen LogP contribution is 2.46. The molecule has 2 heterocycles. The van der Waals surface area contributed by atoms with Crippen LogP contribution in [0.4, 0.5) is 0 Å². The third-order valence-corrected chi connectivity index (χ3v) is 11.2. The molecule has 0 amide bonds. The van der Waals surface area contributed by atoms with E-state index in [-0.39, 0.29) is 0 Å². The molecule has 3 heteroatoms. The smallest absolute Gasteiger partial charge is 0.160 e. The SMILES string of the molecule is Cc1c(-c2ccccc2)nc(-c2ccc(-c3ccc4ccccc4c3)cc2)nc1-c1cc2ccccc2c2sc3cc4ccccc4cc3c12. The van der Waals surface area contributed by atoms with Gasteiger partial charge in [0.05, 0.1) is 11.4 Å². The summed E-state index contributed by atoms with van der Waals surface area (Å²) >= 11 is 1.88. The van der Waals surface area contributed by atoms with Crippen molar-refractivity contribution < 1.29 is 0 Å². The topological polar surface area (TPSA) is 25.8 Å². The number of hydrogen-bond donors (Lipinski definition) is 0. The fraction of sp³-hybridized carbons (Fsp3) is 0.0213. The fourth-order valence-electron chi connectivity index (χ4n) is 7.45. The first-order chi connectivity index (χ1) is 24.7. The monoisotopic (exact) mass is 654 g/mol. The van der Waals surface area contributed by atoms with Gasteiger partial charge in [-0.15, -0.1) is 11.3 Å². The Labute approximate surface area is 294 Å². The molecule has 0 radical (unpaired) electrons. The van der Waals surface area contributed by atoms with Gasteiger partial charge < -0.3 is 0 Å². The van der Waals surface area contributed by atoms with E-state index >= 15 is 0 Å². The average Bonchev–Trinajstić information content (AvgIpc) is 3.55. The first kappa shape index (κ1) is 28.8. The zero-order valence-electron chi connectivity index (χ0n) is 27.4. The number of hydrogen-bond acceptors (Lipinski definition) is 3. The van der Waals surface area contributed by atoms with Crippen LogP contribution < -0.4 is 0 Å². The highest BCUT2D eigenvalue weighted by molar-refractivity contribution is 7.26. The summed E-state index contributed by atoms with van der Waals surface area (Å²) < 4.78 is 2.58. The van der Waals surface area contributed by atoms with Crippen molar-refractivity contribution in [3.05, 3.63) is 169 Å². The molecule has 0 fully saturated rings. The Morgan fingerprint density at radius 3 is 1.80 bits per heavy atom. The molecule has 0 atom stereocenters. The highest BCUT2D eigenvalue weighted by atomic mass is 32.1. The molecule has 0 spiro atoms. The van der Waals surface area contributed by atoms with Crippen LogP contribution in [0.25, 0.3) is 97.5 Å². The van der Waals surface area contributed by atoms with Crippen LogP contribution in [-0.4, -0.2) is 9.97 Å². The lowest BCUT2D eigenvalue weighted by Gasteiger charge is -2.16. The number of nitrogens with zero attached hydrogens (tertiary/aromatic N) is 2. The van der Waals surface area contributed by atoms with Crippen molar-refractivity contribution in [3.8, 4) is 45.0 Å². The number of thiophene rings is 1. The van der Waals surface area contributed by atoms with Crippen molar-refractivity contribution in [2.24, 2.45) is 0 Å². The summed E-state index contributed by atoms with van der Waals surface area (Å²) in [5, 5.41) is 10.0. The summed E-state index contributed by atoms with van der Waals surface area (Å²) in [6.45, 7) is 2.18. The molecule has 10 aromatic rings. The predicted octanol–water partition coefficient (Wildman–Crippen LogP) is 13.3. The van der Waals surface area contributed by atoms with Crippen LogP contribution in [0.5, 0.6) is 0 Å². The third kappa shape index (κ3) is 4.70. The van der Waals surface area contributed by atoms with Gasteiger partial charge in [0.2, 0.25) is 0 Å². The lowest BCUT2D eigenvalue weighted by atomic mass is 9.94. The predicted molar refractivity (Wildman–Crippen MR) is 214 cm³/mol. The summed E-state index contributed by atoms with van der Waals surface area (Å²) in [5.41, 5.74) is 8.58. The van der Waals surface area contributed by atoms with Crippen LogP contribution in [0.1, 0.15) is 5.56 Å². The van der Waals surface area contributed by atoms with Crippen molar-refractivity contribution in [2.75, 3.05) is 0 Å². The largest absolute Gasteiger partial charge is 0.228 e. The standard InChI is InChI=1S/C47H30N2S/c1-29-44(32-12-3-2-4-13-32)48-47(33-22-19-31(20-23-33)37-24-21-30-11-5-6-14-34(30)25-37)49-45(29)41-27-38-17-9-10-18-39(38)46-43(41)40-26-35-15-7-8-16-36(35)28-42(40)50-46/h2-28H,1H3. The molecule has 0 bridgehead atoms. The first-order valence-electron chi connectivity index (χ1n) is 17.0. The molecule has 10 rings (SSSR count). The van der Waals surface area contributed by atoms with Gasteiger partial charge in [-0.2, -0.15) is 0 Å². The Bertz CT molecular complexity index is 2920. The second kappa shape index (κ2) is 11.5. The van der Waals surface area contributed by atoms with Crippen LogP contribution >= 0.6 is 11.3 Å². The van der Waals surface area contributed by atoms with Gasteiger partial charge in [0.1, 0.15) is 0 Å². The molecule has 0 aliphatic heterocycles. The molecule has 8 aromatic carbocycles. The lowest BCUT2D eigenvalue weighted by molar-refractivity contribution is 1.15. The van der Waals surface area contributed by atoms with Gasteiger partial charge in [0, 0.05) is 42.4 Å². The second-order valence-electron chi connectivity index (χ2n) is 13.0. The molecular formula is C47H30N2S. The molecule has 0 saturated carbocycles. The molecule has 0 saturated heterocycles. The molecule has 0 N–H and O–H groups in total. The zero-order valence-corrected chi connectivity index (χ0v) is 28.2. The Hall–Kier alpha value is -6.16. The summed E-state index contributed by atoms with van der Waals surface area (Å²) in [7, 11) is 0. The number of aromatic nitrogens is 2. The van der Waals surface area contributed by atoms with Crippen molar-refractivity contribution in [2.45, 2.75) is 6.92 Å². The van der Waals surface area contributed by atoms with Crippen molar-refractivity contribution >= 4 is 63.8 Å². The molecule has 0 unspecified atom stereocenters. The molecule has 234 valence electrons. The van der Waals surface area contributed by atoms with Gasteiger partial charge in [-0.25, -0.2) is 9.97 Å². The number of rotatable bonds is 4. The van der Waals surface area contributed by atoms with E-state index < -0.39 is 0 Å². The van der Waals surface area contributed by atoms with E-state index in [1.165, 1.54) is 63.6 Å². The Morgan fingerprint density at radius 1 is 0.420 bits per heavy atom. The minimum Gasteiger partial charge on any atom is -0.228 e. The third-order valence-electron chi connectivity index (χ3n) is 10.0. The van der Waals surface area contributed by atoms with Gasteiger partial charge in [0.25, 0.3) is 0 Å². The second-order valence-corrected chi connectivity index (χ2v) is 14.1. The molecule has 2 aromatic heterocycles. The van der Waals surface area contributed by atoms with E-state index in [1.54, 1.807) is 0 Å². The number of fused-ring (bicyclic) bond motifs is 7. The molecule has 50 heavy (non-hydrogen) atoms. The zero-order chi connectivity index (χ0) is 33.2. The molecular weight excluding hydrogens is 625 g/mol. The summed E-state index contributed by atoms with van der Waals surface area (Å²) in [6, 6.07) is 58.8. The van der Waals surface area contributed by atoms with Crippen molar-refractivity contribution in [1.82, 2.24) is 9.97 Å². The molecule has 0 aliphatic rings. The van der Waals surface area contributed by atoms with Crippen LogP contribution in [0.2, 0.25) is 0 Å². The molecule has 0 aliphatic carbocycles. The first-order valence-corrected chi connectivity index (χ1v) is 17.8. The summed E-state index contributed by atoms with van der Waals surface area (Å²) in [4.78, 5) is 10.7. The minimum absolute atomic E-state index is 0.723. The Balaban J connectivity index is 1.22. The van der Waals surface area contributed by atoms with E-state index in [0.717, 1.165) is 39.5 Å². The van der Waals surface area contributed by atoms with Gasteiger partial charge >= 0.3 is 0 Å². The minimum atomic E-state index is 0.723. The average molecular weight is 655 g/mol. The summed E-state index contributed by atoms with van der Waals surface area (Å²) in [5.74, 6) is 0.723. The maximum atomic E-state index is 5.44.